The van der Waals surface area contributed by atoms with Crippen LogP contribution in [0.15, 0.2) is 58.5 Å². The predicted octanol–water partition coefficient (Wildman–Crippen LogP) is 3.93. The van der Waals surface area contributed by atoms with E-state index in [1.807, 2.05) is 30.3 Å². The first-order valence-corrected chi connectivity index (χ1v) is 11.3. The van der Waals surface area contributed by atoms with Gasteiger partial charge in [0.2, 0.25) is 0 Å². The van der Waals surface area contributed by atoms with Gasteiger partial charge >= 0.3 is 0 Å². The second-order valence-electron chi connectivity index (χ2n) is 7.17. The molecule has 0 unspecified atom stereocenters. The van der Waals surface area contributed by atoms with Crippen molar-refractivity contribution in [3.05, 3.63) is 59.7 Å². The van der Waals surface area contributed by atoms with Crippen LogP contribution in [0.4, 0.5) is 5.69 Å². The summed E-state index contributed by atoms with van der Waals surface area (Å²) in [5, 5.41) is 6.66. The maximum Gasteiger partial charge on any atom is 0.296 e. The third kappa shape index (κ3) is 5.65. The minimum atomic E-state index is -3.69. The first-order valence-electron chi connectivity index (χ1n) is 9.86. The van der Waals surface area contributed by atoms with Gasteiger partial charge in [-0.05, 0) is 56.4 Å². The van der Waals surface area contributed by atoms with Gasteiger partial charge in [-0.25, -0.2) is 0 Å². The highest BCUT2D eigenvalue weighted by atomic mass is 32.2. The number of para-hydroxylation sites is 1. The lowest BCUT2D eigenvalue weighted by Gasteiger charge is -2.21. The fourth-order valence-corrected chi connectivity index (χ4v) is 4.29. The molecule has 1 atom stereocenters. The molecule has 1 aliphatic heterocycles. The lowest BCUT2D eigenvalue weighted by Crippen LogP contribution is -2.31. The number of hydrazone groups is 1. The van der Waals surface area contributed by atoms with Gasteiger partial charge in [-0.1, -0.05) is 35.9 Å². The average molecular weight is 417 g/mol. The number of rotatable bonds is 10. The second kappa shape index (κ2) is 10.0. The Morgan fingerprint density at radius 2 is 1.90 bits per heavy atom. The molecule has 0 amide bonds. The van der Waals surface area contributed by atoms with Crippen LogP contribution in [0, 0.1) is 6.92 Å². The summed E-state index contributed by atoms with van der Waals surface area (Å²) in [4.78, 5) is 0.196. The molecule has 7 heteroatoms. The van der Waals surface area contributed by atoms with E-state index in [1.54, 1.807) is 31.4 Å². The Morgan fingerprint density at radius 1 is 1.14 bits per heavy atom. The van der Waals surface area contributed by atoms with Gasteiger partial charge < -0.3 is 4.74 Å². The van der Waals surface area contributed by atoms with Gasteiger partial charge in [-0.3, -0.25) is 9.19 Å². The molecular formula is C22H28N2O4S. The van der Waals surface area contributed by atoms with Gasteiger partial charge in [0.15, 0.2) is 0 Å². The van der Waals surface area contributed by atoms with Crippen LogP contribution in [0.2, 0.25) is 0 Å². The van der Waals surface area contributed by atoms with E-state index < -0.39 is 10.1 Å². The smallest absolute Gasteiger partial charge is 0.296 e. The molecule has 0 aromatic heterocycles. The highest BCUT2D eigenvalue weighted by Crippen LogP contribution is 2.32. The van der Waals surface area contributed by atoms with Gasteiger partial charge in [-0.2, -0.15) is 13.5 Å². The summed E-state index contributed by atoms with van der Waals surface area (Å²) < 4.78 is 34.8. The van der Waals surface area contributed by atoms with Crippen molar-refractivity contribution in [2.75, 3.05) is 25.3 Å². The summed E-state index contributed by atoms with van der Waals surface area (Å²) in [6.45, 7) is 2.71. The number of unbranched alkanes of at least 4 members (excludes halogenated alkanes) is 2. The maximum atomic E-state index is 12.2. The predicted molar refractivity (Wildman–Crippen MR) is 115 cm³/mol. The molecule has 3 rings (SSSR count). The lowest BCUT2D eigenvalue weighted by molar-refractivity contribution is 0.179. The van der Waals surface area contributed by atoms with Gasteiger partial charge in [0.05, 0.1) is 29.8 Å². The van der Waals surface area contributed by atoms with Gasteiger partial charge in [0.1, 0.15) is 0 Å². The molecule has 2 aromatic carbocycles. The van der Waals surface area contributed by atoms with Crippen molar-refractivity contribution < 1.29 is 17.3 Å². The molecule has 1 aliphatic rings. The SMILES string of the molecule is COC[C@@H]1Cc2ccccc2N1/N=C/CCCCOS(=O)(=O)c1ccc(C)cc1. The minimum absolute atomic E-state index is 0.170. The van der Waals surface area contributed by atoms with Crippen LogP contribution in [-0.4, -0.2) is 41.0 Å². The van der Waals surface area contributed by atoms with E-state index >= 15 is 0 Å². The van der Waals surface area contributed by atoms with Crippen molar-refractivity contribution in [1.29, 1.82) is 0 Å². The molecule has 0 bridgehead atoms. The van der Waals surface area contributed by atoms with Crippen LogP contribution in [0.25, 0.3) is 0 Å². The van der Waals surface area contributed by atoms with Crippen molar-refractivity contribution in [2.24, 2.45) is 5.10 Å². The van der Waals surface area contributed by atoms with E-state index in [9.17, 15) is 8.42 Å². The topological polar surface area (TPSA) is 68.2 Å². The molecule has 1 heterocycles. The molecule has 6 nitrogen and oxygen atoms in total. The third-order valence-electron chi connectivity index (χ3n) is 4.88. The molecule has 0 fully saturated rings. The Hall–Kier alpha value is -2.22. The first-order chi connectivity index (χ1) is 14.0. The van der Waals surface area contributed by atoms with E-state index in [0.29, 0.717) is 13.0 Å². The summed E-state index contributed by atoms with van der Waals surface area (Å²) in [5.41, 5.74) is 3.41. The fraction of sp³-hybridized carbons (Fsp3) is 0.409. The number of aryl methyl sites for hydroxylation is 1. The largest absolute Gasteiger partial charge is 0.382 e. The summed E-state index contributed by atoms with van der Waals surface area (Å²) in [5.74, 6) is 0. The zero-order valence-corrected chi connectivity index (χ0v) is 17.8. The Kier molecular flexibility index (Phi) is 7.41. The molecule has 0 saturated carbocycles. The number of hydrogen-bond donors (Lipinski definition) is 0. The summed E-state index contributed by atoms with van der Waals surface area (Å²) in [7, 11) is -1.98. The maximum absolute atomic E-state index is 12.2. The van der Waals surface area contributed by atoms with Crippen molar-refractivity contribution in [3.63, 3.8) is 0 Å². The van der Waals surface area contributed by atoms with Crippen LogP contribution >= 0.6 is 0 Å². The Morgan fingerprint density at radius 3 is 2.66 bits per heavy atom. The van der Waals surface area contributed by atoms with Crippen molar-refractivity contribution in [1.82, 2.24) is 0 Å². The van der Waals surface area contributed by atoms with Crippen LogP contribution in [0.3, 0.4) is 0 Å². The van der Waals surface area contributed by atoms with Crippen LogP contribution in [0.5, 0.6) is 0 Å². The van der Waals surface area contributed by atoms with E-state index in [2.05, 4.69) is 17.2 Å². The minimum Gasteiger partial charge on any atom is -0.382 e. The molecule has 0 radical (unpaired) electrons. The van der Waals surface area contributed by atoms with Crippen LogP contribution < -0.4 is 5.01 Å². The molecule has 0 saturated heterocycles. The number of benzene rings is 2. The zero-order chi connectivity index (χ0) is 20.7. The molecule has 0 aliphatic carbocycles. The Labute approximate surface area is 173 Å². The highest BCUT2D eigenvalue weighted by molar-refractivity contribution is 7.86. The number of anilines is 1. The van der Waals surface area contributed by atoms with Crippen molar-refractivity contribution in [2.45, 2.75) is 43.5 Å². The number of fused-ring (bicyclic) bond motifs is 1. The third-order valence-corrected chi connectivity index (χ3v) is 6.21. The summed E-state index contributed by atoms with van der Waals surface area (Å²) in [6, 6.07) is 15.1. The van der Waals surface area contributed by atoms with Crippen LogP contribution in [0.1, 0.15) is 30.4 Å². The molecule has 29 heavy (non-hydrogen) atoms. The molecule has 0 N–H and O–H groups in total. The van der Waals surface area contributed by atoms with Gasteiger partial charge in [0, 0.05) is 13.3 Å². The van der Waals surface area contributed by atoms with E-state index in [4.69, 9.17) is 8.92 Å². The normalized spacial score (nSPS) is 16.5. The average Bonchev–Trinajstić information content (AvgIpc) is 3.05. The standard InChI is InChI=1S/C22H28N2O4S/c1-18-10-12-21(13-11-18)29(25,26)28-15-7-3-6-14-23-24-20(17-27-2)16-19-8-4-5-9-22(19)24/h4-5,8-14,20H,3,6-7,15-17H2,1-2H3/b23-14+/t20-/m0/s1. The van der Waals surface area contributed by atoms with Gasteiger partial charge in [0.25, 0.3) is 10.1 Å². The fourth-order valence-electron chi connectivity index (χ4n) is 3.35. The Bertz CT molecular complexity index is 926. The number of nitrogens with zero attached hydrogens (tertiary/aromatic N) is 2. The van der Waals surface area contributed by atoms with Crippen molar-refractivity contribution in [3.8, 4) is 0 Å². The van der Waals surface area contributed by atoms with E-state index in [-0.39, 0.29) is 17.5 Å². The monoisotopic (exact) mass is 416 g/mol. The molecule has 2 aromatic rings. The molecule has 156 valence electrons. The summed E-state index contributed by atoms with van der Waals surface area (Å²) >= 11 is 0. The number of hydrogen-bond acceptors (Lipinski definition) is 6. The molecule has 0 spiro atoms. The molecular weight excluding hydrogens is 388 g/mol. The quantitative estimate of drug-likeness (QED) is 0.333. The van der Waals surface area contributed by atoms with Crippen molar-refractivity contribution >= 4 is 22.0 Å². The number of ether oxygens (including phenoxy) is 1. The van der Waals surface area contributed by atoms with Gasteiger partial charge in [-0.15, -0.1) is 0 Å². The second-order valence-corrected chi connectivity index (χ2v) is 8.78. The lowest BCUT2D eigenvalue weighted by atomic mass is 10.1. The first kappa shape index (κ1) is 21.5. The van der Waals surface area contributed by atoms with E-state index in [1.165, 1.54) is 5.56 Å². The Balaban J connectivity index is 1.44. The van der Waals surface area contributed by atoms with E-state index in [0.717, 1.165) is 30.5 Å². The number of methoxy groups -OCH3 is 1. The zero-order valence-electron chi connectivity index (χ0n) is 17.0. The van der Waals surface area contributed by atoms with Crippen LogP contribution in [-0.2, 0) is 25.5 Å². The summed E-state index contributed by atoms with van der Waals surface area (Å²) in [6.07, 6.45) is 5.02. The highest BCUT2D eigenvalue weighted by Gasteiger charge is 2.28.